The average molecular weight is 388 g/mol. The third-order valence-electron chi connectivity index (χ3n) is 3.46. The molecule has 24 heavy (non-hydrogen) atoms. The van der Waals surface area contributed by atoms with E-state index >= 15 is 0 Å². The Morgan fingerprint density at radius 1 is 1.12 bits per heavy atom. The van der Waals surface area contributed by atoms with E-state index in [2.05, 4.69) is 21.2 Å². The van der Waals surface area contributed by atoms with Crippen molar-refractivity contribution in [3.8, 4) is 0 Å². The number of amides is 1. The van der Waals surface area contributed by atoms with Gasteiger partial charge in [-0.25, -0.2) is 0 Å². The van der Waals surface area contributed by atoms with Crippen LogP contribution in [0.25, 0.3) is 6.08 Å². The number of hydrogen-bond acceptors (Lipinski definition) is 2. The summed E-state index contributed by atoms with van der Waals surface area (Å²) in [4.78, 5) is 12.0. The lowest BCUT2D eigenvalue weighted by Gasteiger charge is -2.12. The van der Waals surface area contributed by atoms with Crippen LogP contribution in [0.1, 0.15) is 30.5 Å². The molecule has 0 atom stereocenters. The van der Waals surface area contributed by atoms with E-state index in [0.717, 1.165) is 21.2 Å². The van der Waals surface area contributed by atoms with Gasteiger partial charge in [0, 0.05) is 17.1 Å². The Labute approximate surface area is 151 Å². The standard InChI is InChI=1S/C20H22BrNO2/c1-15(2)24-14-18-9-4-3-8-17(18)13-22-20(23)12-11-16-7-5-6-10-19(16)21/h3-12,15H,13-14H2,1-2H3,(H,22,23)/b12-11+. The molecule has 0 aliphatic rings. The van der Waals surface area contributed by atoms with E-state index in [9.17, 15) is 4.79 Å². The molecule has 0 bridgehead atoms. The lowest BCUT2D eigenvalue weighted by molar-refractivity contribution is -0.116. The van der Waals surface area contributed by atoms with Crippen molar-refractivity contribution < 1.29 is 9.53 Å². The van der Waals surface area contributed by atoms with Gasteiger partial charge < -0.3 is 10.1 Å². The van der Waals surface area contributed by atoms with Crippen LogP contribution in [0.4, 0.5) is 0 Å². The smallest absolute Gasteiger partial charge is 0.244 e. The van der Waals surface area contributed by atoms with E-state index < -0.39 is 0 Å². The lowest BCUT2D eigenvalue weighted by atomic mass is 10.1. The van der Waals surface area contributed by atoms with Gasteiger partial charge in [-0.05, 0) is 42.7 Å². The number of benzene rings is 2. The molecule has 0 heterocycles. The molecule has 4 heteroatoms. The Bertz CT molecular complexity index is 710. The molecule has 126 valence electrons. The Kier molecular flexibility index (Phi) is 7.22. The highest BCUT2D eigenvalue weighted by atomic mass is 79.9. The van der Waals surface area contributed by atoms with E-state index in [1.54, 1.807) is 12.2 Å². The molecule has 0 aromatic heterocycles. The predicted octanol–water partition coefficient (Wildman–Crippen LogP) is 4.70. The van der Waals surface area contributed by atoms with Gasteiger partial charge in [0.15, 0.2) is 0 Å². The molecule has 2 aromatic rings. The first-order valence-corrected chi connectivity index (χ1v) is 8.74. The summed E-state index contributed by atoms with van der Waals surface area (Å²) in [5, 5.41) is 2.92. The summed E-state index contributed by atoms with van der Waals surface area (Å²) in [5.74, 6) is -0.120. The summed E-state index contributed by atoms with van der Waals surface area (Å²) in [6.07, 6.45) is 3.53. The van der Waals surface area contributed by atoms with Crippen LogP contribution in [0.5, 0.6) is 0 Å². The monoisotopic (exact) mass is 387 g/mol. The van der Waals surface area contributed by atoms with Crippen LogP contribution in [0, 0.1) is 0 Å². The summed E-state index contributed by atoms with van der Waals surface area (Å²) in [5.41, 5.74) is 3.14. The Morgan fingerprint density at radius 2 is 1.79 bits per heavy atom. The normalized spacial score (nSPS) is 11.2. The van der Waals surface area contributed by atoms with Crippen molar-refractivity contribution in [2.24, 2.45) is 0 Å². The molecule has 0 radical (unpaired) electrons. The molecule has 1 amide bonds. The molecule has 0 spiro atoms. The van der Waals surface area contributed by atoms with Crippen LogP contribution in [-0.4, -0.2) is 12.0 Å². The predicted molar refractivity (Wildman–Crippen MR) is 101 cm³/mol. The first-order valence-electron chi connectivity index (χ1n) is 7.95. The third-order valence-corrected chi connectivity index (χ3v) is 4.19. The van der Waals surface area contributed by atoms with E-state index in [1.165, 1.54) is 0 Å². The summed E-state index contributed by atoms with van der Waals surface area (Å²) in [6, 6.07) is 15.8. The number of nitrogens with one attached hydrogen (secondary N) is 1. The van der Waals surface area contributed by atoms with E-state index in [0.29, 0.717) is 13.2 Å². The highest BCUT2D eigenvalue weighted by molar-refractivity contribution is 9.10. The van der Waals surface area contributed by atoms with Gasteiger partial charge in [0.05, 0.1) is 12.7 Å². The molecule has 0 unspecified atom stereocenters. The minimum Gasteiger partial charge on any atom is -0.374 e. The van der Waals surface area contributed by atoms with Crippen LogP contribution < -0.4 is 5.32 Å². The van der Waals surface area contributed by atoms with Gasteiger partial charge >= 0.3 is 0 Å². The highest BCUT2D eigenvalue weighted by Gasteiger charge is 2.04. The van der Waals surface area contributed by atoms with Gasteiger partial charge in [0.25, 0.3) is 0 Å². The van der Waals surface area contributed by atoms with Crippen molar-refractivity contribution >= 4 is 27.9 Å². The van der Waals surface area contributed by atoms with Gasteiger partial charge in [-0.1, -0.05) is 58.4 Å². The Balaban J connectivity index is 1.93. The van der Waals surface area contributed by atoms with Crippen molar-refractivity contribution in [3.05, 3.63) is 75.8 Å². The van der Waals surface area contributed by atoms with Gasteiger partial charge in [-0.15, -0.1) is 0 Å². The zero-order valence-corrected chi connectivity index (χ0v) is 15.5. The maximum Gasteiger partial charge on any atom is 0.244 e. The molecule has 0 saturated carbocycles. The fourth-order valence-electron chi connectivity index (χ4n) is 2.14. The van der Waals surface area contributed by atoms with E-state index in [-0.39, 0.29) is 12.0 Å². The Morgan fingerprint density at radius 3 is 2.50 bits per heavy atom. The SMILES string of the molecule is CC(C)OCc1ccccc1CNC(=O)/C=C/c1ccccc1Br. The summed E-state index contributed by atoms with van der Waals surface area (Å²) in [6.45, 7) is 5.06. The largest absolute Gasteiger partial charge is 0.374 e. The van der Waals surface area contributed by atoms with Crippen molar-refractivity contribution in [2.75, 3.05) is 0 Å². The quantitative estimate of drug-likeness (QED) is 0.698. The first kappa shape index (κ1) is 18.4. The molecule has 0 aliphatic heterocycles. The summed E-state index contributed by atoms with van der Waals surface area (Å²) < 4.78 is 6.63. The van der Waals surface area contributed by atoms with Crippen molar-refractivity contribution in [1.29, 1.82) is 0 Å². The van der Waals surface area contributed by atoms with Crippen LogP contribution in [0.2, 0.25) is 0 Å². The Hall–Kier alpha value is -1.91. The van der Waals surface area contributed by atoms with Gasteiger partial charge in [0.1, 0.15) is 0 Å². The lowest BCUT2D eigenvalue weighted by Crippen LogP contribution is -2.21. The number of carbonyl (C=O) groups excluding carboxylic acids is 1. The van der Waals surface area contributed by atoms with Crippen LogP contribution >= 0.6 is 15.9 Å². The topological polar surface area (TPSA) is 38.3 Å². The molecule has 1 N–H and O–H groups in total. The minimum absolute atomic E-state index is 0.120. The number of halogens is 1. The maximum atomic E-state index is 12.0. The number of ether oxygens (including phenoxy) is 1. The second kappa shape index (κ2) is 9.40. The number of hydrogen-bond donors (Lipinski definition) is 1. The summed E-state index contributed by atoms with van der Waals surface area (Å²) in [7, 11) is 0. The van der Waals surface area contributed by atoms with E-state index in [4.69, 9.17) is 4.74 Å². The fraction of sp³-hybridized carbons (Fsp3) is 0.250. The minimum atomic E-state index is -0.120. The molecule has 0 aliphatic carbocycles. The number of carbonyl (C=O) groups is 1. The molecule has 0 saturated heterocycles. The van der Waals surface area contributed by atoms with Crippen LogP contribution in [0.15, 0.2) is 59.1 Å². The molecule has 2 rings (SSSR count). The van der Waals surface area contributed by atoms with Gasteiger partial charge in [0.2, 0.25) is 5.91 Å². The van der Waals surface area contributed by atoms with Crippen molar-refractivity contribution in [2.45, 2.75) is 33.1 Å². The van der Waals surface area contributed by atoms with Crippen LogP contribution in [0.3, 0.4) is 0 Å². The zero-order chi connectivity index (χ0) is 17.4. The summed E-state index contributed by atoms with van der Waals surface area (Å²) >= 11 is 3.46. The first-order chi connectivity index (χ1) is 11.6. The second-order valence-electron chi connectivity index (χ2n) is 5.70. The molecule has 3 nitrogen and oxygen atoms in total. The number of rotatable bonds is 7. The fourth-order valence-corrected chi connectivity index (χ4v) is 2.56. The highest BCUT2D eigenvalue weighted by Crippen LogP contribution is 2.17. The van der Waals surface area contributed by atoms with Crippen molar-refractivity contribution in [3.63, 3.8) is 0 Å². The second-order valence-corrected chi connectivity index (χ2v) is 6.56. The molecular weight excluding hydrogens is 366 g/mol. The van der Waals surface area contributed by atoms with Gasteiger partial charge in [-0.3, -0.25) is 4.79 Å². The molecular formula is C20H22BrNO2. The van der Waals surface area contributed by atoms with Crippen LogP contribution in [-0.2, 0) is 22.7 Å². The third kappa shape index (κ3) is 5.95. The van der Waals surface area contributed by atoms with E-state index in [1.807, 2.05) is 62.4 Å². The molecule has 0 fully saturated rings. The molecule has 2 aromatic carbocycles. The zero-order valence-electron chi connectivity index (χ0n) is 14.0. The maximum absolute atomic E-state index is 12.0. The average Bonchev–Trinajstić information content (AvgIpc) is 2.58. The van der Waals surface area contributed by atoms with Crippen molar-refractivity contribution in [1.82, 2.24) is 5.32 Å². The van der Waals surface area contributed by atoms with Gasteiger partial charge in [-0.2, -0.15) is 0 Å².